The van der Waals surface area contributed by atoms with Gasteiger partial charge in [0, 0.05) is 18.2 Å². The standard InChI is InChI=1S/C20H29N3O7S/c1-4-6-14(7-5-2)22-30-9-8-15(25)21-16-18(26)23-17(20(27)28)13(10-29-12(3)24)11-31-19(16)23/h16,19H,4-11H2,1-3H3,(H,21,25)(H,27,28). The van der Waals surface area contributed by atoms with Crippen molar-refractivity contribution in [1.29, 1.82) is 0 Å². The predicted octanol–water partition coefficient (Wildman–Crippen LogP) is 1.65. The molecule has 0 aliphatic carbocycles. The van der Waals surface area contributed by atoms with Crippen molar-refractivity contribution in [3.8, 4) is 0 Å². The number of carbonyl (C=O) groups excluding carboxylic acids is 3. The number of aliphatic carboxylic acids is 1. The Morgan fingerprint density at radius 1 is 1.23 bits per heavy atom. The Bertz CT molecular complexity index is 773. The van der Waals surface area contributed by atoms with Crippen molar-refractivity contribution < 1.29 is 33.9 Å². The van der Waals surface area contributed by atoms with Crippen molar-refractivity contribution in [3.63, 3.8) is 0 Å². The van der Waals surface area contributed by atoms with Crippen molar-refractivity contribution in [2.24, 2.45) is 5.16 Å². The first-order valence-corrected chi connectivity index (χ1v) is 11.3. The number of thioether (sulfide) groups is 1. The Morgan fingerprint density at radius 2 is 1.90 bits per heavy atom. The molecule has 2 rings (SSSR count). The lowest BCUT2D eigenvalue weighted by Gasteiger charge is -2.49. The van der Waals surface area contributed by atoms with Gasteiger partial charge in [0.1, 0.15) is 30.3 Å². The highest BCUT2D eigenvalue weighted by atomic mass is 32.2. The number of esters is 1. The van der Waals surface area contributed by atoms with Crippen LogP contribution in [0.1, 0.15) is 52.9 Å². The molecular formula is C20H29N3O7S. The molecule has 31 heavy (non-hydrogen) atoms. The summed E-state index contributed by atoms with van der Waals surface area (Å²) in [6, 6.07) is -0.804. The Kier molecular flexibility index (Phi) is 9.35. The molecule has 172 valence electrons. The zero-order valence-corrected chi connectivity index (χ0v) is 18.8. The Labute approximate surface area is 185 Å². The number of carboxylic acid groups (broad SMARTS) is 1. The third-order valence-electron chi connectivity index (χ3n) is 4.71. The number of ether oxygens (including phenoxy) is 1. The summed E-state index contributed by atoms with van der Waals surface area (Å²) in [6.45, 7) is 5.26. The molecule has 2 aliphatic rings. The van der Waals surface area contributed by atoms with Gasteiger partial charge in [0.25, 0.3) is 5.91 Å². The predicted molar refractivity (Wildman–Crippen MR) is 114 cm³/mol. The molecule has 0 aromatic rings. The van der Waals surface area contributed by atoms with Crippen molar-refractivity contribution in [3.05, 3.63) is 11.3 Å². The van der Waals surface area contributed by atoms with Crippen LogP contribution in [-0.2, 0) is 28.8 Å². The maximum Gasteiger partial charge on any atom is 0.352 e. The van der Waals surface area contributed by atoms with Crippen molar-refractivity contribution in [1.82, 2.24) is 10.2 Å². The van der Waals surface area contributed by atoms with E-state index in [1.807, 2.05) is 0 Å². The summed E-state index contributed by atoms with van der Waals surface area (Å²) in [4.78, 5) is 53.8. The lowest BCUT2D eigenvalue weighted by molar-refractivity contribution is -0.151. The fraction of sp³-hybridized carbons (Fsp3) is 0.650. The molecule has 1 saturated heterocycles. The quantitative estimate of drug-likeness (QED) is 0.149. The summed E-state index contributed by atoms with van der Waals surface area (Å²) in [7, 11) is 0. The topological polar surface area (TPSA) is 135 Å². The molecule has 1 fully saturated rings. The van der Waals surface area contributed by atoms with Crippen LogP contribution < -0.4 is 5.32 Å². The van der Waals surface area contributed by atoms with E-state index in [9.17, 15) is 24.3 Å². The van der Waals surface area contributed by atoms with E-state index < -0.39 is 29.3 Å². The van der Waals surface area contributed by atoms with Crippen LogP contribution in [0.25, 0.3) is 0 Å². The van der Waals surface area contributed by atoms with Gasteiger partial charge in [-0.15, -0.1) is 11.8 Å². The van der Waals surface area contributed by atoms with Crippen molar-refractivity contribution >= 4 is 41.2 Å². The Hall–Kier alpha value is -2.56. The van der Waals surface area contributed by atoms with Crippen LogP contribution in [0.4, 0.5) is 0 Å². The molecule has 2 atom stereocenters. The lowest BCUT2D eigenvalue weighted by Crippen LogP contribution is -2.70. The number of oxime groups is 1. The number of fused-ring (bicyclic) bond motifs is 1. The second-order valence-electron chi connectivity index (χ2n) is 7.23. The molecule has 11 heteroatoms. The smallest absolute Gasteiger partial charge is 0.352 e. The Morgan fingerprint density at radius 3 is 2.48 bits per heavy atom. The minimum absolute atomic E-state index is 0.0372. The number of carboxylic acids is 1. The molecule has 10 nitrogen and oxygen atoms in total. The van der Waals surface area contributed by atoms with Crippen molar-refractivity contribution in [2.45, 2.75) is 64.3 Å². The second-order valence-corrected chi connectivity index (χ2v) is 8.34. The summed E-state index contributed by atoms with van der Waals surface area (Å²) in [5.74, 6) is -2.40. The highest BCUT2D eigenvalue weighted by molar-refractivity contribution is 8.00. The number of amides is 2. The molecule has 0 spiro atoms. The van der Waals surface area contributed by atoms with Gasteiger partial charge in [0.15, 0.2) is 0 Å². The highest BCUT2D eigenvalue weighted by Crippen LogP contribution is 2.40. The molecule has 0 aromatic heterocycles. The summed E-state index contributed by atoms with van der Waals surface area (Å²) < 4.78 is 4.89. The molecule has 0 aromatic carbocycles. The molecule has 2 heterocycles. The average molecular weight is 456 g/mol. The number of nitrogens with one attached hydrogen (secondary N) is 1. The number of β-lactam (4-membered cyclic amide) rings is 1. The van der Waals surface area contributed by atoms with E-state index in [2.05, 4.69) is 24.3 Å². The van der Waals surface area contributed by atoms with E-state index in [4.69, 9.17) is 9.57 Å². The first-order valence-electron chi connectivity index (χ1n) is 10.3. The maximum absolute atomic E-state index is 12.5. The average Bonchev–Trinajstić information content (AvgIpc) is 2.72. The SMILES string of the molecule is CCCC(CCC)=NOCCC(=O)NC1C(=O)N2C(C(=O)O)=C(COC(C)=O)CSC12. The molecule has 0 radical (unpaired) electrons. The highest BCUT2D eigenvalue weighted by Gasteiger charge is 2.54. The van der Waals surface area contributed by atoms with E-state index in [0.717, 1.165) is 36.3 Å². The second kappa shape index (κ2) is 11.7. The van der Waals surface area contributed by atoms with Crippen LogP contribution in [0.2, 0.25) is 0 Å². The molecule has 2 aliphatic heterocycles. The van der Waals surface area contributed by atoms with E-state index >= 15 is 0 Å². The van der Waals surface area contributed by atoms with Gasteiger partial charge >= 0.3 is 11.9 Å². The summed E-state index contributed by atoms with van der Waals surface area (Å²) in [5, 5.41) is 15.8. The first kappa shape index (κ1) is 24.7. The van der Waals surface area contributed by atoms with E-state index in [1.54, 1.807) is 0 Å². The number of hydrogen-bond donors (Lipinski definition) is 2. The van der Waals surface area contributed by atoms with Crippen LogP contribution in [0.3, 0.4) is 0 Å². The van der Waals surface area contributed by atoms with Gasteiger partial charge in [-0.1, -0.05) is 31.8 Å². The van der Waals surface area contributed by atoms with Gasteiger partial charge in [-0.3, -0.25) is 19.3 Å². The third-order valence-corrected chi connectivity index (χ3v) is 6.05. The number of nitrogens with zero attached hydrogens (tertiary/aromatic N) is 2. The summed E-state index contributed by atoms with van der Waals surface area (Å²) in [5.41, 5.74) is 1.13. The van der Waals surface area contributed by atoms with E-state index in [1.165, 1.54) is 18.7 Å². The first-order chi connectivity index (χ1) is 14.8. The van der Waals surface area contributed by atoms with Gasteiger partial charge in [-0.25, -0.2) is 4.79 Å². The molecule has 2 amide bonds. The van der Waals surface area contributed by atoms with Crippen LogP contribution in [-0.4, -0.2) is 69.9 Å². The fourth-order valence-corrected chi connectivity index (χ4v) is 4.62. The van der Waals surface area contributed by atoms with Crippen LogP contribution in [0.15, 0.2) is 16.4 Å². The molecular weight excluding hydrogens is 426 g/mol. The third kappa shape index (κ3) is 6.46. The zero-order valence-electron chi connectivity index (χ0n) is 18.0. The van der Waals surface area contributed by atoms with Gasteiger partial charge in [-0.2, -0.15) is 0 Å². The zero-order chi connectivity index (χ0) is 23.0. The van der Waals surface area contributed by atoms with Crippen LogP contribution in [0.5, 0.6) is 0 Å². The lowest BCUT2D eigenvalue weighted by atomic mass is 10.0. The summed E-state index contributed by atoms with van der Waals surface area (Å²) in [6.07, 6.45) is 3.68. The molecule has 0 bridgehead atoms. The van der Waals surface area contributed by atoms with Crippen molar-refractivity contribution in [2.75, 3.05) is 19.0 Å². The minimum Gasteiger partial charge on any atom is -0.477 e. The van der Waals surface area contributed by atoms with Crippen LogP contribution >= 0.6 is 11.8 Å². The number of rotatable bonds is 12. The van der Waals surface area contributed by atoms with Gasteiger partial charge in [0.2, 0.25) is 5.91 Å². The largest absolute Gasteiger partial charge is 0.477 e. The van der Waals surface area contributed by atoms with Gasteiger partial charge in [0.05, 0.1) is 12.1 Å². The molecule has 2 unspecified atom stereocenters. The fourth-order valence-electron chi connectivity index (χ4n) is 3.30. The van der Waals surface area contributed by atoms with Gasteiger partial charge < -0.3 is 20.0 Å². The molecule has 0 saturated carbocycles. The van der Waals surface area contributed by atoms with E-state index in [-0.39, 0.29) is 37.0 Å². The number of hydrogen-bond acceptors (Lipinski definition) is 8. The van der Waals surface area contributed by atoms with E-state index in [0.29, 0.717) is 5.57 Å². The Balaban J connectivity index is 1.89. The maximum atomic E-state index is 12.5. The summed E-state index contributed by atoms with van der Waals surface area (Å²) >= 11 is 1.32. The minimum atomic E-state index is -1.27. The number of carbonyl (C=O) groups is 4. The molecule has 2 N–H and O–H groups in total. The van der Waals surface area contributed by atoms with Crippen LogP contribution in [0, 0.1) is 0 Å². The monoisotopic (exact) mass is 455 g/mol. The van der Waals surface area contributed by atoms with Gasteiger partial charge in [-0.05, 0) is 12.8 Å². The normalized spacial score (nSPS) is 19.8.